The Kier molecular flexibility index (Phi) is 3.64. The highest BCUT2D eigenvalue weighted by Gasteiger charge is 2.16. The van der Waals surface area contributed by atoms with Gasteiger partial charge in [0, 0.05) is 4.88 Å². The maximum atomic E-state index is 5.98. The van der Waals surface area contributed by atoms with E-state index < -0.39 is 0 Å². The molecular weight excluding hydrogens is 332 g/mol. The fourth-order valence-corrected chi connectivity index (χ4v) is 3.95. The fourth-order valence-electron chi connectivity index (χ4n) is 2.17. The van der Waals surface area contributed by atoms with Gasteiger partial charge in [-0.05, 0) is 42.2 Å². The predicted molar refractivity (Wildman–Crippen MR) is 80.4 cm³/mol. The minimum atomic E-state index is 0.210. The first-order chi connectivity index (χ1) is 8.74. The molecule has 1 unspecified atom stereocenters. The van der Waals surface area contributed by atoms with Gasteiger partial charge < -0.3 is 4.74 Å². The number of hydrogen-bond acceptors (Lipinski definition) is 2. The summed E-state index contributed by atoms with van der Waals surface area (Å²) in [4.78, 5) is 1.44. The first-order valence-corrected chi connectivity index (χ1v) is 8.00. The van der Waals surface area contributed by atoms with Crippen LogP contribution >= 0.6 is 38.9 Å². The van der Waals surface area contributed by atoms with Gasteiger partial charge in [0.15, 0.2) is 0 Å². The molecule has 0 saturated heterocycles. The normalized spacial score (nSPS) is 15.9. The second-order valence-corrected chi connectivity index (χ2v) is 6.99. The zero-order valence-corrected chi connectivity index (χ0v) is 12.8. The Labute approximate surface area is 124 Å². The summed E-state index contributed by atoms with van der Waals surface area (Å²) in [6.07, 6.45) is 2.21. The molecule has 0 N–H and O–H groups in total. The highest BCUT2D eigenvalue weighted by molar-refractivity contribution is 9.09. The average molecular weight is 344 g/mol. The van der Waals surface area contributed by atoms with Crippen LogP contribution in [0, 0.1) is 0 Å². The number of fused-ring (bicyclic) bond motifs is 1. The van der Waals surface area contributed by atoms with Crippen LogP contribution in [-0.2, 0) is 6.42 Å². The second-order valence-electron chi connectivity index (χ2n) is 4.32. The number of hydrogen-bond donors (Lipinski definition) is 0. The van der Waals surface area contributed by atoms with Crippen LogP contribution in [0.3, 0.4) is 0 Å². The van der Waals surface area contributed by atoms with Crippen molar-refractivity contribution in [3.8, 4) is 5.75 Å². The van der Waals surface area contributed by atoms with Crippen LogP contribution in [0.15, 0.2) is 30.3 Å². The molecule has 0 bridgehead atoms. The Bertz CT molecular complexity index is 567. The van der Waals surface area contributed by atoms with E-state index in [9.17, 15) is 0 Å². The molecule has 0 fully saturated rings. The molecule has 0 radical (unpaired) electrons. The lowest BCUT2D eigenvalue weighted by Gasteiger charge is -2.19. The third-order valence-corrected chi connectivity index (χ3v) is 5.69. The van der Waals surface area contributed by atoms with E-state index in [0.29, 0.717) is 0 Å². The Balaban J connectivity index is 1.92. The third kappa shape index (κ3) is 2.44. The topological polar surface area (TPSA) is 9.23 Å². The largest absolute Gasteiger partial charge is 0.493 e. The van der Waals surface area contributed by atoms with E-state index >= 15 is 0 Å². The van der Waals surface area contributed by atoms with Crippen molar-refractivity contribution >= 4 is 38.9 Å². The minimum absolute atomic E-state index is 0.210. The number of thiophene rings is 1. The predicted octanol–water partition coefficient (Wildman–Crippen LogP) is 5.21. The number of halogens is 2. The summed E-state index contributed by atoms with van der Waals surface area (Å²) in [7, 11) is 0. The molecule has 2 heterocycles. The van der Waals surface area contributed by atoms with Crippen molar-refractivity contribution in [3.05, 3.63) is 50.7 Å². The average Bonchev–Trinajstić information content (AvgIpc) is 2.84. The molecule has 0 amide bonds. The van der Waals surface area contributed by atoms with Crippen molar-refractivity contribution in [3.63, 3.8) is 0 Å². The molecule has 2 aromatic rings. The van der Waals surface area contributed by atoms with Gasteiger partial charge in [-0.15, -0.1) is 11.3 Å². The number of rotatable bonds is 2. The van der Waals surface area contributed by atoms with Crippen LogP contribution in [0.1, 0.15) is 27.3 Å². The second kappa shape index (κ2) is 5.24. The van der Waals surface area contributed by atoms with Crippen molar-refractivity contribution in [1.82, 2.24) is 0 Å². The number of benzene rings is 1. The number of ether oxygens (including phenoxy) is 1. The molecule has 1 aliphatic rings. The highest BCUT2D eigenvalue weighted by atomic mass is 79.9. The Morgan fingerprint density at radius 2 is 2.17 bits per heavy atom. The Hall–Kier alpha value is -0.510. The van der Waals surface area contributed by atoms with Crippen molar-refractivity contribution in [1.29, 1.82) is 0 Å². The van der Waals surface area contributed by atoms with Crippen LogP contribution in [0.2, 0.25) is 4.34 Å². The standard InChI is InChI=1S/C14H12BrClOS/c15-14(12-5-6-13(16)18-12)10-3-4-11-9(8-10)2-1-7-17-11/h3-6,8,14H,1-2,7H2. The van der Waals surface area contributed by atoms with Crippen LogP contribution < -0.4 is 4.74 Å². The summed E-state index contributed by atoms with van der Waals surface area (Å²) in [5.74, 6) is 1.04. The molecule has 94 valence electrons. The Morgan fingerprint density at radius 1 is 1.28 bits per heavy atom. The van der Waals surface area contributed by atoms with E-state index in [1.54, 1.807) is 11.3 Å². The number of alkyl halides is 1. The van der Waals surface area contributed by atoms with E-state index in [1.165, 1.54) is 16.0 Å². The zero-order valence-electron chi connectivity index (χ0n) is 9.66. The monoisotopic (exact) mass is 342 g/mol. The van der Waals surface area contributed by atoms with Crippen molar-refractivity contribution in [2.45, 2.75) is 17.7 Å². The zero-order chi connectivity index (χ0) is 12.5. The maximum Gasteiger partial charge on any atom is 0.122 e. The molecule has 4 heteroatoms. The molecule has 0 spiro atoms. The van der Waals surface area contributed by atoms with Gasteiger partial charge in [-0.25, -0.2) is 0 Å². The van der Waals surface area contributed by atoms with Gasteiger partial charge in [-0.1, -0.05) is 39.7 Å². The van der Waals surface area contributed by atoms with E-state index in [1.807, 2.05) is 6.07 Å². The lowest BCUT2D eigenvalue weighted by Crippen LogP contribution is -2.08. The van der Waals surface area contributed by atoms with Crippen LogP contribution in [0.4, 0.5) is 0 Å². The van der Waals surface area contributed by atoms with Gasteiger partial charge in [0.2, 0.25) is 0 Å². The first-order valence-electron chi connectivity index (χ1n) is 5.89. The van der Waals surface area contributed by atoms with Gasteiger partial charge in [0.25, 0.3) is 0 Å². The SMILES string of the molecule is Clc1ccc(C(Br)c2ccc3c(c2)CCCO3)s1. The van der Waals surface area contributed by atoms with E-state index in [-0.39, 0.29) is 4.83 Å². The molecule has 1 nitrogen and oxygen atoms in total. The van der Waals surface area contributed by atoms with Gasteiger partial charge in [0.05, 0.1) is 15.8 Å². The molecule has 1 aliphatic heterocycles. The van der Waals surface area contributed by atoms with Crippen molar-refractivity contribution in [2.24, 2.45) is 0 Å². The van der Waals surface area contributed by atoms with Crippen molar-refractivity contribution < 1.29 is 4.74 Å². The van der Waals surface area contributed by atoms with Crippen LogP contribution in [0.5, 0.6) is 5.75 Å². The molecule has 3 rings (SSSR count). The fraction of sp³-hybridized carbons (Fsp3) is 0.286. The minimum Gasteiger partial charge on any atom is -0.493 e. The molecule has 0 saturated carbocycles. The summed E-state index contributed by atoms with van der Waals surface area (Å²) < 4.78 is 6.46. The summed E-state index contributed by atoms with van der Waals surface area (Å²) in [6.45, 7) is 0.838. The van der Waals surface area contributed by atoms with Crippen LogP contribution in [-0.4, -0.2) is 6.61 Å². The Morgan fingerprint density at radius 3 is 2.94 bits per heavy atom. The van der Waals surface area contributed by atoms with Gasteiger partial charge in [-0.3, -0.25) is 0 Å². The first kappa shape index (κ1) is 12.5. The van der Waals surface area contributed by atoms with Gasteiger partial charge in [0.1, 0.15) is 5.75 Å². The molecule has 1 atom stereocenters. The van der Waals surface area contributed by atoms with E-state index in [0.717, 1.165) is 29.5 Å². The molecule has 1 aromatic heterocycles. The summed E-state index contributed by atoms with van der Waals surface area (Å²) >= 11 is 11.3. The van der Waals surface area contributed by atoms with Gasteiger partial charge in [-0.2, -0.15) is 0 Å². The quantitative estimate of drug-likeness (QED) is 0.680. The molecule has 1 aromatic carbocycles. The summed E-state index contributed by atoms with van der Waals surface area (Å²) in [5.41, 5.74) is 2.57. The van der Waals surface area contributed by atoms with E-state index in [2.05, 4.69) is 40.2 Å². The molecular formula is C14H12BrClOS. The molecule has 18 heavy (non-hydrogen) atoms. The molecule has 0 aliphatic carbocycles. The summed E-state index contributed by atoms with van der Waals surface area (Å²) in [5, 5.41) is 0. The van der Waals surface area contributed by atoms with Gasteiger partial charge >= 0.3 is 0 Å². The highest BCUT2D eigenvalue weighted by Crippen LogP contribution is 2.38. The summed E-state index contributed by atoms with van der Waals surface area (Å²) in [6, 6.07) is 10.5. The maximum absolute atomic E-state index is 5.98. The smallest absolute Gasteiger partial charge is 0.122 e. The lowest BCUT2D eigenvalue weighted by molar-refractivity contribution is 0.288. The van der Waals surface area contributed by atoms with Crippen molar-refractivity contribution in [2.75, 3.05) is 6.61 Å². The van der Waals surface area contributed by atoms with E-state index in [4.69, 9.17) is 16.3 Å². The number of aryl methyl sites for hydroxylation is 1. The van der Waals surface area contributed by atoms with Crippen LogP contribution in [0.25, 0.3) is 0 Å². The lowest BCUT2D eigenvalue weighted by atomic mass is 10.0. The third-order valence-electron chi connectivity index (χ3n) is 3.07.